The normalized spacial score (nSPS) is 19.8. The maximum Gasteiger partial charge on any atom is 0.254 e. The molecular formula is C21H24N2O2. The minimum atomic E-state index is 0.122. The number of hydrogen-bond acceptors (Lipinski definition) is 3. The van der Waals surface area contributed by atoms with Crippen LogP contribution in [0, 0.1) is 0 Å². The van der Waals surface area contributed by atoms with E-state index < -0.39 is 0 Å². The summed E-state index contributed by atoms with van der Waals surface area (Å²) in [5.41, 5.74) is 4.57. The molecule has 0 aromatic heterocycles. The third-order valence-electron chi connectivity index (χ3n) is 5.38. The molecule has 130 valence electrons. The van der Waals surface area contributed by atoms with Gasteiger partial charge in [0.1, 0.15) is 0 Å². The van der Waals surface area contributed by atoms with E-state index in [1.165, 1.54) is 16.8 Å². The van der Waals surface area contributed by atoms with Crippen LogP contribution in [0.25, 0.3) is 0 Å². The van der Waals surface area contributed by atoms with Gasteiger partial charge in [-0.1, -0.05) is 24.3 Å². The highest BCUT2D eigenvalue weighted by Gasteiger charge is 2.24. The Morgan fingerprint density at radius 1 is 1.04 bits per heavy atom. The van der Waals surface area contributed by atoms with Crippen LogP contribution >= 0.6 is 0 Å². The molecule has 0 unspecified atom stereocenters. The predicted octanol–water partition coefficient (Wildman–Crippen LogP) is 3.11. The van der Waals surface area contributed by atoms with Crippen LogP contribution in [0.15, 0.2) is 48.5 Å². The van der Waals surface area contributed by atoms with Crippen LogP contribution < -0.4 is 4.90 Å². The topological polar surface area (TPSA) is 32.8 Å². The Bertz CT molecular complexity index is 757. The Labute approximate surface area is 149 Å². The van der Waals surface area contributed by atoms with Gasteiger partial charge >= 0.3 is 0 Å². The highest BCUT2D eigenvalue weighted by molar-refractivity contribution is 5.94. The number of carbonyl (C=O) groups excluding carboxylic acids is 1. The summed E-state index contributed by atoms with van der Waals surface area (Å²) < 4.78 is 5.43. The number of fused-ring (bicyclic) bond motifs is 1. The molecule has 0 bridgehead atoms. The molecule has 4 rings (SSSR count). The molecule has 4 nitrogen and oxygen atoms in total. The summed E-state index contributed by atoms with van der Waals surface area (Å²) in [5.74, 6) is 0.122. The highest BCUT2D eigenvalue weighted by Crippen LogP contribution is 2.24. The van der Waals surface area contributed by atoms with Crippen molar-refractivity contribution in [3.63, 3.8) is 0 Å². The van der Waals surface area contributed by atoms with Gasteiger partial charge in [0, 0.05) is 44.5 Å². The number of nitrogens with zero attached hydrogens (tertiary/aromatic N) is 2. The number of rotatable bonds is 3. The molecule has 1 saturated heterocycles. The van der Waals surface area contributed by atoms with Crippen molar-refractivity contribution in [1.29, 1.82) is 0 Å². The first kappa shape index (κ1) is 16.2. The van der Waals surface area contributed by atoms with E-state index >= 15 is 0 Å². The van der Waals surface area contributed by atoms with Gasteiger partial charge in [-0.05, 0) is 48.2 Å². The molecule has 1 amide bonds. The van der Waals surface area contributed by atoms with Crippen LogP contribution in [-0.4, -0.2) is 43.7 Å². The number of hydrogen-bond donors (Lipinski definition) is 0. The third kappa shape index (κ3) is 3.27. The standard InChI is InChI=1S/C21H24N2O2/c1-25-20-11-13-22(15-20)19-8-6-17(7-9-19)21(24)23-12-10-16-4-2-3-5-18(16)14-23/h2-9,20H,10-15H2,1H3/t20-/m1/s1. The van der Waals surface area contributed by atoms with Crippen LogP contribution in [0.2, 0.25) is 0 Å². The Hall–Kier alpha value is -2.33. The average molecular weight is 336 g/mol. The van der Waals surface area contributed by atoms with Gasteiger partial charge in [0.2, 0.25) is 0 Å². The number of benzene rings is 2. The molecule has 2 aromatic rings. The van der Waals surface area contributed by atoms with Crippen molar-refractivity contribution in [3.05, 3.63) is 65.2 Å². The molecule has 0 saturated carbocycles. The molecule has 0 N–H and O–H groups in total. The number of carbonyl (C=O) groups is 1. The first-order chi connectivity index (χ1) is 12.2. The molecule has 4 heteroatoms. The van der Waals surface area contributed by atoms with Crippen molar-refractivity contribution in [3.8, 4) is 0 Å². The summed E-state index contributed by atoms with van der Waals surface area (Å²) in [6.07, 6.45) is 2.31. The summed E-state index contributed by atoms with van der Waals surface area (Å²) in [6.45, 7) is 3.43. The maximum atomic E-state index is 12.8. The molecular weight excluding hydrogens is 312 g/mol. The van der Waals surface area contributed by atoms with E-state index in [0.717, 1.165) is 38.0 Å². The van der Waals surface area contributed by atoms with Gasteiger partial charge in [-0.25, -0.2) is 0 Å². The highest BCUT2D eigenvalue weighted by atomic mass is 16.5. The summed E-state index contributed by atoms with van der Waals surface area (Å²) in [7, 11) is 1.77. The van der Waals surface area contributed by atoms with Gasteiger partial charge < -0.3 is 14.5 Å². The summed E-state index contributed by atoms with van der Waals surface area (Å²) >= 11 is 0. The summed E-state index contributed by atoms with van der Waals surface area (Å²) in [4.78, 5) is 17.1. The van der Waals surface area contributed by atoms with E-state index in [1.54, 1.807) is 7.11 Å². The van der Waals surface area contributed by atoms with Crippen molar-refractivity contribution in [2.24, 2.45) is 0 Å². The van der Waals surface area contributed by atoms with Gasteiger partial charge in [0.25, 0.3) is 5.91 Å². The van der Waals surface area contributed by atoms with Crippen molar-refractivity contribution >= 4 is 11.6 Å². The van der Waals surface area contributed by atoms with Crippen LogP contribution in [0.5, 0.6) is 0 Å². The monoisotopic (exact) mass is 336 g/mol. The summed E-state index contributed by atoms with van der Waals surface area (Å²) in [6, 6.07) is 16.4. The molecule has 2 aliphatic rings. The van der Waals surface area contributed by atoms with Crippen LogP contribution in [0.1, 0.15) is 27.9 Å². The van der Waals surface area contributed by atoms with Gasteiger partial charge in [0.15, 0.2) is 0 Å². The lowest BCUT2D eigenvalue weighted by Gasteiger charge is -2.29. The molecule has 2 heterocycles. The molecule has 25 heavy (non-hydrogen) atoms. The molecule has 1 fully saturated rings. The maximum absolute atomic E-state index is 12.8. The van der Waals surface area contributed by atoms with Crippen LogP contribution in [0.3, 0.4) is 0 Å². The molecule has 0 radical (unpaired) electrons. The van der Waals surface area contributed by atoms with E-state index in [2.05, 4.69) is 35.2 Å². The average Bonchev–Trinajstić information content (AvgIpc) is 3.16. The molecule has 2 aliphatic heterocycles. The smallest absolute Gasteiger partial charge is 0.254 e. The predicted molar refractivity (Wildman–Crippen MR) is 99.0 cm³/mol. The lowest BCUT2D eigenvalue weighted by molar-refractivity contribution is 0.0734. The van der Waals surface area contributed by atoms with E-state index in [4.69, 9.17) is 4.74 Å². The zero-order valence-electron chi connectivity index (χ0n) is 14.6. The minimum absolute atomic E-state index is 0.122. The number of ether oxygens (including phenoxy) is 1. The molecule has 2 aromatic carbocycles. The second kappa shape index (κ2) is 6.89. The van der Waals surface area contributed by atoms with Crippen LogP contribution in [-0.2, 0) is 17.7 Å². The lowest BCUT2D eigenvalue weighted by atomic mass is 9.99. The Balaban J connectivity index is 1.45. The first-order valence-corrected chi connectivity index (χ1v) is 8.98. The largest absolute Gasteiger partial charge is 0.380 e. The van der Waals surface area contributed by atoms with Crippen molar-refractivity contribution in [2.45, 2.75) is 25.5 Å². The molecule has 0 aliphatic carbocycles. The second-order valence-corrected chi connectivity index (χ2v) is 6.88. The lowest BCUT2D eigenvalue weighted by Crippen LogP contribution is -2.35. The van der Waals surface area contributed by atoms with Crippen molar-refractivity contribution in [2.75, 3.05) is 31.6 Å². The Kier molecular flexibility index (Phi) is 4.45. The zero-order chi connectivity index (χ0) is 17.2. The van der Waals surface area contributed by atoms with E-state index in [1.807, 2.05) is 23.1 Å². The first-order valence-electron chi connectivity index (χ1n) is 8.98. The van der Waals surface area contributed by atoms with Crippen molar-refractivity contribution in [1.82, 2.24) is 4.90 Å². The van der Waals surface area contributed by atoms with Gasteiger partial charge in [0.05, 0.1) is 6.10 Å². The number of methoxy groups -OCH3 is 1. The van der Waals surface area contributed by atoms with Gasteiger partial charge in [-0.15, -0.1) is 0 Å². The summed E-state index contributed by atoms with van der Waals surface area (Å²) in [5, 5.41) is 0. The molecule has 1 atom stereocenters. The van der Waals surface area contributed by atoms with Crippen LogP contribution in [0.4, 0.5) is 5.69 Å². The zero-order valence-corrected chi connectivity index (χ0v) is 14.6. The minimum Gasteiger partial charge on any atom is -0.380 e. The Morgan fingerprint density at radius 3 is 2.52 bits per heavy atom. The number of amides is 1. The fourth-order valence-electron chi connectivity index (χ4n) is 3.82. The fourth-order valence-corrected chi connectivity index (χ4v) is 3.82. The number of anilines is 1. The van der Waals surface area contributed by atoms with Gasteiger partial charge in [-0.3, -0.25) is 4.79 Å². The van der Waals surface area contributed by atoms with E-state index in [-0.39, 0.29) is 5.91 Å². The molecule has 0 spiro atoms. The fraction of sp³-hybridized carbons (Fsp3) is 0.381. The Morgan fingerprint density at radius 2 is 1.80 bits per heavy atom. The second-order valence-electron chi connectivity index (χ2n) is 6.88. The van der Waals surface area contributed by atoms with Gasteiger partial charge in [-0.2, -0.15) is 0 Å². The SMILES string of the molecule is CO[C@@H]1CCN(c2ccc(C(=O)N3CCc4ccccc4C3)cc2)C1. The van der Waals surface area contributed by atoms with Crippen molar-refractivity contribution < 1.29 is 9.53 Å². The third-order valence-corrected chi connectivity index (χ3v) is 5.38. The quantitative estimate of drug-likeness (QED) is 0.863. The van der Waals surface area contributed by atoms with E-state index in [0.29, 0.717) is 12.6 Å². The van der Waals surface area contributed by atoms with E-state index in [9.17, 15) is 4.79 Å².